The summed E-state index contributed by atoms with van der Waals surface area (Å²) in [4.78, 5) is 13.6. The Morgan fingerprint density at radius 2 is 1.23 bits per heavy atom. The van der Waals surface area contributed by atoms with E-state index in [0.717, 1.165) is 44.5 Å². The molecule has 192 valence electrons. The predicted molar refractivity (Wildman–Crippen MR) is 131 cm³/mol. The van der Waals surface area contributed by atoms with E-state index < -0.39 is 5.60 Å². The van der Waals surface area contributed by atoms with Gasteiger partial charge in [0.25, 0.3) is 0 Å². The average molecular weight is 491 g/mol. The number of carbonyl (C=O) groups excluding carboxylic acids is 1. The van der Waals surface area contributed by atoms with Gasteiger partial charge in [0.15, 0.2) is 0 Å². The quantitative estimate of drug-likeness (QED) is 0.608. The highest BCUT2D eigenvalue weighted by atomic mass is 19.1. The van der Waals surface area contributed by atoms with Crippen LogP contribution in [0.25, 0.3) is 0 Å². The Hall–Kier alpha value is -2.87. The normalized spacial score (nSPS) is 17.2. The Labute approximate surface area is 206 Å². The highest BCUT2D eigenvalue weighted by Gasteiger charge is 2.27. The van der Waals surface area contributed by atoms with Crippen molar-refractivity contribution in [3.63, 3.8) is 0 Å². The van der Waals surface area contributed by atoms with Gasteiger partial charge in [-0.25, -0.2) is 13.6 Å². The van der Waals surface area contributed by atoms with Gasteiger partial charge in [-0.05, 0) is 95.2 Å². The molecule has 2 aliphatic rings. The van der Waals surface area contributed by atoms with Crippen LogP contribution in [0, 0.1) is 11.6 Å². The summed E-state index contributed by atoms with van der Waals surface area (Å²) in [5, 5.41) is 3.27. The van der Waals surface area contributed by atoms with Crippen LogP contribution in [0.2, 0.25) is 0 Å². The number of halogens is 2. The molecule has 8 heteroatoms. The molecule has 2 heterocycles. The molecular weight excluding hydrogens is 454 g/mol. The minimum atomic E-state index is -0.474. The van der Waals surface area contributed by atoms with Crippen LogP contribution in [0.15, 0.2) is 48.5 Å². The molecule has 4 rings (SSSR count). The van der Waals surface area contributed by atoms with Crippen LogP contribution in [0.4, 0.5) is 13.6 Å². The number of nitrogens with zero attached hydrogens (tertiary/aromatic N) is 1. The summed E-state index contributed by atoms with van der Waals surface area (Å²) in [6, 6.07) is 12.2. The lowest BCUT2D eigenvalue weighted by Crippen LogP contribution is -2.44. The van der Waals surface area contributed by atoms with Gasteiger partial charge >= 0.3 is 6.09 Å². The van der Waals surface area contributed by atoms with Crippen molar-refractivity contribution in [2.24, 2.45) is 0 Å². The smallest absolute Gasteiger partial charge is 0.410 e. The second kappa shape index (κ2) is 12.7. The Morgan fingerprint density at radius 3 is 1.66 bits per heavy atom. The van der Waals surface area contributed by atoms with Crippen molar-refractivity contribution in [2.45, 2.75) is 64.3 Å². The monoisotopic (exact) mass is 490 g/mol. The molecule has 0 saturated carbocycles. The lowest BCUT2D eigenvalue weighted by atomic mass is 10.1. The molecule has 35 heavy (non-hydrogen) atoms. The summed E-state index contributed by atoms with van der Waals surface area (Å²) in [6.07, 6.45) is 3.60. The number of likely N-dealkylation sites (tertiary alicyclic amines) is 1. The molecule has 2 aliphatic heterocycles. The van der Waals surface area contributed by atoms with Crippen molar-refractivity contribution in [3.05, 3.63) is 60.2 Å². The lowest BCUT2D eigenvalue weighted by Gasteiger charge is -2.33. The standard InChI is InChI=1S/C16H22FNO3.C11H14FNO/c1-16(2,3)21-15(19)18-10-8-14(9-11-18)20-13-6-4-12(17)5-7-13;12-9-1-3-10(4-2-9)14-11-5-7-13-8-6-11/h4-7,14H,8-11H2,1-3H3;1-4,11,13H,5-8H2. The molecule has 0 atom stereocenters. The second-order valence-corrected chi connectivity index (χ2v) is 9.76. The van der Waals surface area contributed by atoms with Crippen LogP contribution in [0.3, 0.4) is 0 Å². The van der Waals surface area contributed by atoms with Crippen molar-refractivity contribution < 1.29 is 27.8 Å². The molecular formula is C27H36F2N2O4. The van der Waals surface area contributed by atoms with Crippen molar-refractivity contribution in [3.8, 4) is 11.5 Å². The number of ether oxygens (including phenoxy) is 3. The average Bonchev–Trinajstić information content (AvgIpc) is 2.83. The lowest BCUT2D eigenvalue weighted by molar-refractivity contribution is 0.0126. The predicted octanol–water partition coefficient (Wildman–Crippen LogP) is 5.56. The first-order valence-electron chi connectivity index (χ1n) is 12.2. The van der Waals surface area contributed by atoms with E-state index in [0.29, 0.717) is 18.8 Å². The molecule has 2 saturated heterocycles. The molecule has 0 spiro atoms. The molecule has 0 unspecified atom stereocenters. The minimum Gasteiger partial charge on any atom is -0.490 e. The first kappa shape index (κ1) is 26.7. The zero-order valence-corrected chi connectivity index (χ0v) is 20.8. The summed E-state index contributed by atoms with van der Waals surface area (Å²) in [6.45, 7) is 8.80. The zero-order valence-electron chi connectivity index (χ0n) is 20.8. The second-order valence-electron chi connectivity index (χ2n) is 9.76. The summed E-state index contributed by atoms with van der Waals surface area (Å²) in [7, 11) is 0. The minimum absolute atomic E-state index is 0.0501. The Morgan fingerprint density at radius 1 is 0.800 bits per heavy atom. The molecule has 2 aromatic carbocycles. The van der Waals surface area contributed by atoms with E-state index >= 15 is 0 Å². The Bertz CT molecular complexity index is 902. The topological polar surface area (TPSA) is 60.0 Å². The van der Waals surface area contributed by atoms with Crippen LogP contribution in [-0.2, 0) is 4.74 Å². The third-order valence-corrected chi connectivity index (χ3v) is 5.61. The van der Waals surface area contributed by atoms with E-state index in [2.05, 4.69) is 5.32 Å². The van der Waals surface area contributed by atoms with Crippen molar-refractivity contribution in [2.75, 3.05) is 26.2 Å². The highest BCUT2D eigenvalue weighted by molar-refractivity contribution is 5.68. The van der Waals surface area contributed by atoms with Gasteiger partial charge in [-0.1, -0.05) is 0 Å². The maximum Gasteiger partial charge on any atom is 0.410 e. The fraction of sp³-hybridized carbons (Fsp3) is 0.519. The number of nitrogens with one attached hydrogen (secondary N) is 1. The van der Waals surface area contributed by atoms with Crippen molar-refractivity contribution >= 4 is 6.09 Å². The van der Waals surface area contributed by atoms with Gasteiger partial charge in [0.05, 0.1) is 0 Å². The third kappa shape index (κ3) is 9.72. The summed E-state index contributed by atoms with van der Waals surface area (Å²) in [5.74, 6) is 0.926. The Kier molecular flexibility index (Phi) is 9.72. The number of amides is 1. The fourth-order valence-corrected chi connectivity index (χ4v) is 3.81. The van der Waals surface area contributed by atoms with E-state index in [4.69, 9.17) is 14.2 Å². The molecule has 0 radical (unpaired) electrons. The molecule has 0 aromatic heterocycles. The van der Waals surface area contributed by atoms with Crippen LogP contribution in [0.5, 0.6) is 11.5 Å². The van der Waals surface area contributed by atoms with Crippen LogP contribution in [0.1, 0.15) is 46.5 Å². The van der Waals surface area contributed by atoms with Crippen molar-refractivity contribution in [1.82, 2.24) is 10.2 Å². The molecule has 1 amide bonds. The van der Waals surface area contributed by atoms with E-state index in [1.54, 1.807) is 29.2 Å². The molecule has 6 nitrogen and oxygen atoms in total. The summed E-state index contributed by atoms with van der Waals surface area (Å²) >= 11 is 0. The first-order valence-corrected chi connectivity index (χ1v) is 12.2. The van der Waals surface area contributed by atoms with E-state index in [9.17, 15) is 13.6 Å². The Balaban J connectivity index is 0.000000211. The van der Waals surface area contributed by atoms with E-state index in [1.165, 1.54) is 24.3 Å². The van der Waals surface area contributed by atoms with Gasteiger partial charge in [0.1, 0.15) is 40.9 Å². The summed E-state index contributed by atoms with van der Waals surface area (Å²) in [5.41, 5.74) is -0.474. The number of benzene rings is 2. The number of rotatable bonds is 4. The fourth-order valence-electron chi connectivity index (χ4n) is 3.81. The SMILES string of the molecule is CC(C)(C)OC(=O)N1CCC(Oc2ccc(F)cc2)CC1.Fc1ccc(OC2CCNCC2)cc1. The van der Waals surface area contributed by atoms with Gasteiger partial charge in [0, 0.05) is 25.9 Å². The van der Waals surface area contributed by atoms with Crippen LogP contribution >= 0.6 is 0 Å². The first-order chi connectivity index (χ1) is 16.7. The molecule has 0 bridgehead atoms. The van der Waals surface area contributed by atoms with Crippen LogP contribution < -0.4 is 14.8 Å². The number of piperidine rings is 2. The van der Waals surface area contributed by atoms with E-state index in [1.807, 2.05) is 20.8 Å². The third-order valence-electron chi connectivity index (χ3n) is 5.61. The molecule has 0 aliphatic carbocycles. The van der Waals surface area contributed by atoms with Crippen molar-refractivity contribution in [1.29, 1.82) is 0 Å². The van der Waals surface area contributed by atoms with Gasteiger partial charge in [-0.15, -0.1) is 0 Å². The largest absolute Gasteiger partial charge is 0.490 e. The van der Waals surface area contributed by atoms with Gasteiger partial charge in [-0.2, -0.15) is 0 Å². The molecule has 2 fully saturated rings. The maximum absolute atomic E-state index is 12.8. The zero-order chi connectivity index (χ0) is 25.3. The molecule has 2 aromatic rings. The van der Waals surface area contributed by atoms with Crippen LogP contribution in [-0.4, -0.2) is 55.0 Å². The van der Waals surface area contributed by atoms with Gasteiger partial charge in [0.2, 0.25) is 0 Å². The number of hydrogen-bond donors (Lipinski definition) is 1. The number of carbonyl (C=O) groups is 1. The van der Waals surface area contributed by atoms with Gasteiger partial charge < -0.3 is 24.4 Å². The molecule has 1 N–H and O–H groups in total. The van der Waals surface area contributed by atoms with E-state index in [-0.39, 0.29) is 29.9 Å². The maximum atomic E-state index is 12.8. The summed E-state index contributed by atoms with van der Waals surface area (Å²) < 4.78 is 42.3. The van der Waals surface area contributed by atoms with Gasteiger partial charge in [-0.3, -0.25) is 0 Å². The highest BCUT2D eigenvalue weighted by Crippen LogP contribution is 2.21. The number of hydrogen-bond acceptors (Lipinski definition) is 5.